The molecule has 16 heteroatoms. The Bertz CT molecular complexity index is 2070. The van der Waals surface area contributed by atoms with E-state index in [1.54, 1.807) is 19.5 Å². The van der Waals surface area contributed by atoms with Gasteiger partial charge in [0.25, 0.3) is 5.91 Å². The van der Waals surface area contributed by atoms with Gasteiger partial charge in [-0.25, -0.2) is 14.8 Å². The number of likely N-dealkylation sites (tertiary alicyclic amines) is 1. The number of benzene rings is 2. The number of likely N-dealkylation sites (N-methyl/N-ethyl adjacent to an activating group) is 1. The Morgan fingerprint density at radius 2 is 1.50 bits per heavy atom. The first-order chi connectivity index (χ1) is 25.1. The third-order valence-electron chi connectivity index (χ3n) is 9.70. The summed E-state index contributed by atoms with van der Waals surface area (Å²) in [4.78, 5) is 58.4. The van der Waals surface area contributed by atoms with Crippen LogP contribution in [0.1, 0.15) is 30.7 Å². The van der Waals surface area contributed by atoms with Crippen LogP contribution >= 0.6 is 23.2 Å². The molecule has 3 N–H and O–H groups in total. The Kier molecular flexibility index (Phi) is 9.98. The molecule has 3 aliphatic heterocycles. The van der Waals surface area contributed by atoms with Crippen LogP contribution in [0, 0.1) is 0 Å². The summed E-state index contributed by atoms with van der Waals surface area (Å²) in [5.41, 5.74) is 4.01. The number of nitrogens with zero attached hydrogens (tertiary/aromatic N) is 6. The topological polar surface area (TPSA) is 164 Å². The fourth-order valence-electron chi connectivity index (χ4n) is 6.95. The number of methoxy groups -OCH3 is 2. The standard InChI is InChI=1S/C36H37Cl2N9O5/c1-46-34(49)36(45-35(46)50)12-13-47(19-36)18-28-33(52-3)44-26(17-41-28)24-9-5-7-22(31(24)38)21-6-4-8-23(30(21)37)25-16-40-27(32(43-25)51-2)15-39-14-20-10-11-29(48)42-20/h4-9,16-17,20,39H,10-15,18-19H2,1-3H3,(H,42,48)(H,45,50). The average Bonchev–Trinajstić information content (AvgIpc) is 3.82. The van der Waals surface area contributed by atoms with Crippen molar-refractivity contribution in [2.45, 2.75) is 43.9 Å². The van der Waals surface area contributed by atoms with Crippen molar-refractivity contribution in [3.63, 3.8) is 0 Å². The van der Waals surface area contributed by atoms with Gasteiger partial charge >= 0.3 is 6.03 Å². The maximum Gasteiger partial charge on any atom is 0.324 e. The smallest absolute Gasteiger partial charge is 0.324 e. The number of imide groups is 1. The van der Waals surface area contributed by atoms with Crippen LogP contribution in [0.4, 0.5) is 4.79 Å². The van der Waals surface area contributed by atoms with Crippen LogP contribution in [0.15, 0.2) is 48.8 Å². The number of urea groups is 1. The van der Waals surface area contributed by atoms with E-state index in [0.717, 1.165) is 11.3 Å². The molecular formula is C36H37Cl2N9O5. The van der Waals surface area contributed by atoms with E-state index < -0.39 is 5.54 Å². The van der Waals surface area contributed by atoms with Crippen LogP contribution in [0.3, 0.4) is 0 Å². The zero-order chi connectivity index (χ0) is 36.6. The highest BCUT2D eigenvalue weighted by Gasteiger charge is 2.53. The number of halogens is 2. The summed E-state index contributed by atoms with van der Waals surface area (Å²) >= 11 is 14.1. The lowest BCUT2D eigenvalue weighted by molar-refractivity contribution is -0.130. The molecule has 2 atom stereocenters. The molecule has 4 amide bonds. The van der Waals surface area contributed by atoms with Gasteiger partial charge in [0.1, 0.15) is 16.9 Å². The van der Waals surface area contributed by atoms with Crippen LogP contribution < -0.4 is 25.4 Å². The van der Waals surface area contributed by atoms with Gasteiger partial charge in [0.05, 0.1) is 48.0 Å². The molecule has 0 saturated carbocycles. The highest BCUT2D eigenvalue weighted by Crippen LogP contribution is 2.42. The quantitative estimate of drug-likeness (QED) is 0.190. The molecule has 2 unspecified atom stereocenters. The number of rotatable bonds is 11. The van der Waals surface area contributed by atoms with Gasteiger partial charge in [0.15, 0.2) is 0 Å². The highest BCUT2D eigenvalue weighted by molar-refractivity contribution is 6.39. The lowest BCUT2D eigenvalue weighted by atomic mass is 9.98. The van der Waals surface area contributed by atoms with Gasteiger partial charge in [0.2, 0.25) is 17.7 Å². The van der Waals surface area contributed by atoms with Crippen molar-refractivity contribution in [2.24, 2.45) is 0 Å². The number of aromatic nitrogens is 4. The summed E-state index contributed by atoms with van der Waals surface area (Å²) < 4.78 is 11.2. The van der Waals surface area contributed by atoms with Crippen LogP contribution in [0.25, 0.3) is 33.6 Å². The summed E-state index contributed by atoms with van der Waals surface area (Å²) in [6, 6.07) is 10.9. The monoisotopic (exact) mass is 745 g/mol. The summed E-state index contributed by atoms with van der Waals surface area (Å²) in [5.74, 6) is 0.544. The normalized spacial score (nSPS) is 20.1. The van der Waals surface area contributed by atoms with Gasteiger partial charge < -0.3 is 25.4 Å². The fraction of sp³-hybridized carbons (Fsp3) is 0.361. The van der Waals surface area contributed by atoms with Gasteiger partial charge in [-0.05, 0) is 12.8 Å². The summed E-state index contributed by atoms with van der Waals surface area (Å²) in [6.07, 6.45) is 5.16. The zero-order valence-electron chi connectivity index (χ0n) is 28.8. The maximum atomic E-state index is 12.8. The van der Waals surface area contributed by atoms with Gasteiger partial charge in [-0.1, -0.05) is 59.6 Å². The first kappa shape index (κ1) is 35.5. The molecule has 2 aromatic heterocycles. The molecule has 270 valence electrons. The van der Waals surface area contributed by atoms with Crippen LogP contribution in [0.5, 0.6) is 11.8 Å². The molecule has 4 aromatic rings. The molecule has 3 saturated heterocycles. The van der Waals surface area contributed by atoms with Crippen molar-refractivity contribution in [3.8, 4) is 45.4 Å². The SMILES string of the molecule is COc1nc(-c2cccc(-c3cccc(-c4cnc(CN5CCC6(C5)NC(=O)N(C)C6=O)c(OC)n4)c3Cl)c2Cl)cnc1CNCC1CCC(=O)N1. The predicted molar refractivity (Wildman–Crippen MR) is 194 cm³/mol. The zero-order valence-corrected chi connectivity index (χ0v) is 30.3. The molecule has 52 heavy (non-hydrogen) atoms. The highest BCUT2D eigenvalue weighted by atomic mass is 35.5. The van der Waals surface area contributed by atoms with E-state index in [2.05, 4.69) is 30.8 Å². The number of ether oxygens (including phenoxy) is 2. The lowest BCUT2D eigenvalue weighted by Gasteiger charge is -2.21. The molecular weight excluding hydrogens is 709 g/mol. The van der Waals surface area contributed by atoms with Crippen molar-refractivity contribution in [2.75, 3.05) is 40.9 Å². The Hall–Kier alpha value is -4.89. The summed E-state index contributed by atoms with van der Waals surface area (Å²) in [6.45, 7) is 2.39. The van der Waals surface area contributed by atoms with E-state index in [9.17, 15) is 14.4 Å². The summed E-state index contributed by atoms with van der Waals surface area (Å²) in [5, 5.41) is 9.98. The van der Waals surface area contributed by atoms with Gasteiger partial charge in [0, 0.05) is 74.5 Å². The first-order valence-corrected chi connectivity index (χ1v) is 17.6. The number of nitrogens with one attached hydrogen (secondary N) is 3. The van der Waals surface area contributed by atoms with E-state index in [0.29, 0.717) is 112 Å². The molecule has 7 rings (SSSR count). The Morgan fingerprint density at radius 3 is 2.06 bits per heavy atom. The number of carbonyl (C=O) groups excluding carboxylic acids is 3. The second kappa shape index (κ2) is 14.6. The molecule has 0 radical (unpaired) electrons. The van der Waals surface area contributed by atoms with E-state index in [1.165, 1.54) is 14.2 Å². The number of hydrogen-bond acceptors (Lipinski definition) is 11. The van der Waals surface area contributed by atoms with Gasteiger partial charge in [-0.2, -0.15) is 0 Å². The first-order valence-electron chi connectivity index (χ1n) is 16.8. The number of carbonyl (C=O) groups is 3. The third kappa shape index (κ3) is 6.74. The molecule has 5 heterocycles. The molecule has 3 aliphatic rings. The molecule has 3 fully saturated rings. The maximum absolute atomic E-state index is 12.8. The van der Waals surface area contributed by atoms with E-state index in [1.807, 2.05) is 36.4 Å². The van der Waals surface area contributed by atoms with Crippen LogP contribution in [-0.2, 0) is 22.7 Å². The Balaban J connectivity index is 1.10. The largest absolute Gasteiger partial charge is 0.480 e. The van der Waals surface area contributed by atoms with E-state index in [4.69, 9.17) is 42.6 Å². The predicted octanol–water partition coefficient (Wildman–Crippen LogP) is 4.09. The second-order valence-corrected chi connectivity index (χ2v) is 13.8. The van der Waals surface area contributed by atoms with E-state index >= 15 is 0 Å². The molecule has 0 bridgehead atoms. The van der Waals surface area contributed by atoms with Gasteiger partial charge in [-0.15, -0.1) is 0 Å². The second-order valence-electron chi connectivity index (χ2n) is 13.0. The number of amides is 4. The van der Waals surface area contributed by atoms with Gasteiger partial charge in [-0.3, -0.25) is 29.4 Å². The van der Waals surface area contributed by atoms with Crippen LogP contribution in [0.2, 0.25) is 10.0 Å². The lowest BCUT2D eigenvalue weighted by Crippen LogP contribution is -2.49. The minimum atomic E-state index is -0.921. The summed E-state index contributed by atoms with van der Waals surface area (Å²) in [7, 11) is 4.56. The third-order valence-corrected chi connectivity index (χ3v) is 10.5. The fourth-order valence-corrected chi connectivity index (χ4v) is 7.60. The van der Waals surface area contributed by atoms with Crippen LogP contribution in [-0.4, -0.2) is 100 Å². The van der Waals surface area contributed by atoms with Crippen molar-refractivity contribution in [1.29, 1.82) is 0 Å². The van der Waals surface area contributed by atoms with Crippen molar-refractivity contribution in [3.05, 3.63) is 70.2 Å². The number of hydrogen-bond donors (Lipinski definition) is 3. The molecule has 14 nitrogen and oxygen atoms in total. The molecule has 1 spiro atoms. The molecule has 2 aromatic carbocycles. The van der Waals surface area contributed by atoms with Crippen molar-refractivity contribution in [1.82, 2.24) is 45.7 Å². The molecule has 0 aliphatic carbocycles. The average molecular weight is 747 g/mol. The minimum Gasteiger partial charge on any atom is -0.480 e. The van der Waals surface area contributed by atoms with Crippen molar-refractivity contribution < 1.29 is 23.9 Å². The Morgan fingerprint density at radius 1 is 0.904 bits per heavy atom. The minimum absolute atomic E-state index is 0.0723. The van der Waals surface area contributed by atoms with E-state index in [-0.39, 0.29) is 23.9 Å². The van der Waals surface area contributed by atoms with Crippen molar-refractivity contribution >= 4 is 41.0 Å². The Labute approximate surface area is 310 Å².